The highest BCUT2D eigenvalue weighted by atomic mass is 32.2. The first-order valence-corrected chi connectivity index (χ1v) is 14.0. The number of thiazole rings is 1. The van der Waals surface area contributed by atoms with Crippen molar-refractivity contribution in [3.05, 3.63) is 89.4 Å². The van der Waals surface area contributed by atoms with Gasteiger partial charge in [0.15, 0.2) is 0 Å². The minimum Gasteiger partial charge on any atom is -0.760 e. The molecule has 2 unspecified atom stereocenters. The van der Waals surface area contributed by atoms with Crippen molar-refractivity contribution in [1.82, 2.24) is 30.3 Å². The van der Waals surface area contributed by atoms with Crippen molar-refractivity contribution >= 4 is 34.6 Å². The Hall–Kier alpha value is -3.78. The molecular weight excluding hydrogens is 540 g/mol. The number of rotatable bonds is 11. The quantitative estimate of drug-likeness (QED) is 0.298. The number of allylic oxidation sites excluding steroid dienone is 1. The zero-order valence-corrected chi connectivity index (χ0v) is 22.6. The van der Waals surface area contributed by atoms with E-state index in [9.17, 15) is 18.4 Å². The van der Waals surface area contributed by atoms with E-state index in [1.807, 2.05) is 47.9 Å². The van der Waals surface area contributed by atoms with Crippen LogP contribution in [0.2, 0.25) is 0 Å². The van der Waals surface area contributed by atoms with Gasteiger partial charge in [-0.1, -0.05) is 48.6 Å². The summed E-state index contributed by atoms with van der Waals surface area (Å²) in [5.74, 6) is -0.398. The number of carbonyl (C=O) groups excluding carboxylic acids is 2. The molecule has 13 heteroatoms. The molecule has 0 spiro atoms. The molecule has 1 aliphatic rings. The summed E-state index contributed by atoms with van der Waals surface area (Å²) in [6.45, 7) is 0. The van der Waals surface area contributed by atoms with Gasteiger partial charge in [-0.15, -0.1) is 11.3 Å². The third-order valence-electron chi connectivity index (χ3n) is 5.92. The first-order chi connectivity index (χ1) is 18.9. The molecular formula is C26H27N6O5S2-. The van der Waals surface area contributed by atoms with Crippen molar-refractivity contribution in [1.29, 1.82) is 0 Å². The Balaban J connectivity index is 1.56. The first kappa shape index (κ1) is 28.2. The summed E-state index contributed by atoms with van der Waals surface area (Å²) < 4.78 is 29.1. The van der Waals surface area contributed by atoms with Crippen LogP contribution in [0.4, 0.5) is 4.79 Å². The molecule has 4 rings (SSSR count). The Morgan fingerprint density at radius 3 is 2.69 bits per heavy atom. The summed E-state index contributed by atoms with van der Waals surface area (Å²) in [6, 6.07) is 7.59. The maximum atomic E-state index is 13.5. The standard InChI is InChI=1S/C26H28N6O5S2/c1-37-26(34)31-21(14-17-5-3-2-4-6-17)24(33)29-20(13-18-7-9-19(10-8-18)32-39(35)36)23-16-38-25(30-23)22-15-27-11-12-28-22/h2-9,11-12,15-16,19-21,32H,10,13-14H2,1H3,(H,29,33)(H,31,34)(H,35,36)/p-1/t19?,20-,21-/m0/s1. The molecule has 0 fully saturated rings. The van der Waals surface area contributed by atoms with Crippen molar-refractivity contribution < 1.29 is 23.1 Å². The Morgan fingerprint density at radius 1 is 1.21 bits per heavy atom. The molecule has 204 valence electrons. The normalized spacial score (nSPS) is 17.0. The second kappa shape index (κ2) is 13.8. The zero-order chi connectivity index (χ0) is 27.6. The summed E-state index contributed by atoms with van der Waals surface area (Å²) in [6.07, 6.45) is 10.7. The molecule has 1 aliphatic carbocycles. The fraction of sp³-hybridized carbons (Fsp3) is 0.269. The molecule has 0 bridgehead atoms. The lowest BCUT2D eigenvalue weighted by Gasteiger charge is -2.24. The number of nitrogens with one attached hydrogen (secondary N) is 3. The number of aromatic nitrogens is 3. The van der Waals surface area contributed by atoms with Crippen LogP contribution in [0.5, 0.6) is 0 Å². The van der Waals surface area contributed by atoms with Gasteiger partial charge in [-0.05, 0) is 24.0 Å². The van der Waals surface area contributed by atoms with Gasteiger partial charge in [-0.25, -0.2) is 14.5 Å². The van der Waals surface area contributed by atoms with Crippen LogP contribution >= 0.6 is 11.3 Å². The smallest absolute Gasteiger partial charge is 0.407 e. The third-order valence-corrected chi connectivity index (χ3v) is 7.30. The Kier molecular flexibility index (Phi) is 10.0. The molecule has 0 saturated heterocycles. The molecule has 1 aromatic carbocycles. The largest absolute Gasteiger partial charge is 0.760 e. The number of ether oxygens (including phenoxy) is 1. The second-order valence-electron chi connectivity index (χ2n) is 8.64. The van der Waals surface area contributed by atoms with Gasteiger partial charge in [0.25, 0.3) is 0 Å². The number of carbonyl (C=O) groups is 2. The van der Waals surface area contributed by atoms with Gasteiger partial charge in [-0.3, -0.25) is 19.0 Å². The van der Waals surface area contributed by atoms with Crippen molar-refractivity contribution in [2.45, 2.75) is 37.4 Å². The average Bonchev–Trinajstić information content (AvgIpc) is 3.44. The second-order valence-corrected chi connectivity index (χ2v) is 10.2. The molecule has 39 heavy (non-hydrogen) atoms. The number of alkyl carbamates (subject to hydrolysis) is 1. The topological polar surface area (TPSA) is 158 Å². The van der Waals surface area contributed by atoms with Gasteiger partial charge in [0.2, 0.25) is 5.91 Å². The van der Waals surface area contributed by atoms with Crippen molar-refractivity contribution in [3.63, 3.8) is 0 Å². The van der Waals surface area contributed by atoms with E-state index in [2.05, 4.69) is 25.3 Å². The van der Waals surface area contributed by atoms with E-state index in [0.29, 0.717) is 29.2 Å². The molecule has 2 aromatic heterocycles. The molecule has 2 heterocycles. The monoisotopic (exact) mass is 567 g/mol. The molecule has 0 aliphatic heterocycles. The summed E-state index contributed by atoms with van der Waals surface area (Å²) >= 11 is -0.986. The van der Waals surface area contributed by atoms with Gasteiger partial charge in [0, 0.05) is 41.5 Å². The van der Waals surface area contributed by atoms with E-state index in [1.54, 1.807) is 24.7 Å². The highest BCUT2D eigenvalue weighted by molar-refractivity contribution is 7.77. The van der Waals surface area contributed by atoms with Crippen LogP contribution in [0.15, 0.2) is 78.1 Å². The van der Waals surface area contributed by atoms with Crippen LogP contribution < -0.4 is 15.4 Å². The summed E-state index contributed by atoms with van der Waals surface area (Å²) in [4.78, 5) is 38.7. The van der Waals surface area contributed by atoms with Gasteiger partial charge < -0.3 is 19.9 Å². The van der Waals surface area contributed by atoms with Crippen molar-refractivity contribution in [3.8, 4) is 10.7 Å². The molecule has 4 atom stereocenters. The summed E-state index contributed by atoms with van der Waals surface area (Å²) in [5, 5.41) is 8.18. The van der Waals surface area contributed by atoms with Gasteiger partial charge in [0.05, 0.1) is 25.0 Å². The molecule has 3 N–H and O–H groups in total. The summed E-state index contributed by atoms with van der Waals surface area (Å²) in [7, 11) is 1.24. The van der Waals surface area contributed by atoms with Crippen LogP contribution in [-0.2, 0) is 27.2 Å². The predicted molar refractivity (Wildman–Crippen MR) is 146 cm³/mol. The highest BCUT2D eigenvalue weighted by Crippen LogP contribution is 2.29. The maximum Gasteiger partial charge on any atom is 0.407 e. The molecule has 2 amide bonds. The van der Waals surface area contributed by atoms with E-state index >= 15 is 0 Å². The minimum atomic E-state index is -2.37. The number of amides is 2. The van der Waals surface area contributed by atoms with Gasteiger partial charge in [0.1, 0.15) is 16.7 Å². The number of benzene rings is 1. The van der Waals surface area contributed by atoms with E-state index in [1.165, 1.54) is 18.4 Å². The third kappa shape index (κ3) is 8.35. The van der Waals surface area contributed by atoms with E-state index in [-0.39, 0.29) is 12.5 Å². The van der Waals surface area contributed by atoms with Crippen LogP contribution in [0.3, 0.4) is 0 Å². The minimum absolute atomic E-state index is 0.263. The highest BCUT2D eigenvalue weighted by Gasteiger charge is 2.27. The average molecular weight is 568 g/mol. The SMILES string of the molecule is COC(=O)N[C@@H](Cc1ccccc1)C(=O)N[C@@H](CC1=CCC(NS(=O)[O-])C=C1)c1csc(-c2cnccn2)n1. The number of nitrogens with zero attached hydrogens (tertiary/aromatic N) is 3. The van der Waals surface area contributed by atoms with E-state index in [0.717, 1.165) is 11.1 Å². The molecule has 0 saturated carbocycles. The lowest BCUT2D eigenvalue weighted by atomic mass is 9.96. The van der Waals surface area contributed by atoms with Crippen LogP contribution in [-0.4, -0.2) is 54.9 Å². The first-order valence-electron chi connectivity index (χ1n) is 12.0. The predicted octanol–water partition coefficient (Wildman–Crippen LogP) is 2.75. The maximum absolute atomic E-state index is 13.5. The fourth-order valence-electron chi connectivity index (χ4n) is 4.00. The molecule has 11 nitrogen and oxygen atoms in total. The van der Waals surface area contributed by atoms with E-state index < -0.39 is 35.4 Å². The number of hydrogen-bond donors (Lipinski definition) is 3. The van der Waals surface area contributed by atoms with Crippen LogP contribution in [0.1, 0.15) is 30.1 Å². The lowest BCUT2D eigenvalue weighted by molar-refractivity contribution is -0.123. The molecule has 3 aromatic rings. The Morgan fingerprint density at radius 2 is 2.03 bits per heavy atom. The summed E-state index contributed by atoms with van der Waals surface area (Å²) in [5.41, 5.74) is 3.02. The van der Waals surface area contributed by atoms with E-state index in [4.69, 9.17) is 9.72 Å². The van der Waals surface area contributed by atoms with Gasteiger partial charge in [-0.2, -0.15) is 0 Å². The Bertz CT molecular complexity index is 1350. The van der Waals surface area contributed by atoms with Crippen LogP contribution in [0, 0.1) is 0 Å². The lowest BCUT2D eigenvalue weighted by Crippen LogP contribution is -2.49. The molecule has 0 radical (unpaired) electrons. The van der Waals surface area contributed by atoms with Gasteiger partial charge >= 0.3 is 6.09 Å². The van der Waals surface area contributed by atoms with Crippen molar-refractivity contribution in [2.75, 3.05) is 7.11 Å². The zero-order valence-electron chi connectivity index (χ0n) is 21.0. The van der Waals surface area contributed by atoms with Crippen LogP contribution in [0.25, 0.3) is 10.7 Å². The Labute approximate surface area is 232 Å². The number of methoxy groups -OCH3 is 1. The fourth-order valence-corrected chi connectivity index (χ4v) is 5.25. The number of hydrogen-bond acceptors (Lipinski definition) is 9. The van der Waals surface area contributed by atoms with Crippen molar-refractivity contribution in [2.24, 2.45) is 0 Å².